The smallest absolute Gasteiger partial charge is 0.0720 e. The standard InChI is InChI=1S/C12H17BrO/c1-9(2)10(3)14-8-11-4-6-12(13)7-5-11/h4-7,9-10H,8H2,1-3H3. The summed E-state index contributed by atoms with van der Waals surface area (Å²) < 4.78 is 6.82. The summed E-state index contributed by atoms with van der Waals surface area (Å²) in [7, 11) is 0. The van der Waals surface area contributed by atoms with Gasteiger partial charge in [0.1, 0.15) is 0 Å². The van der Waals surface area contributed by atoms with Crippen LogP contribution in [0.3, 0.4) is 0 Å². The lowest BCUT2D eigenvalue weighted by Crippen LogP contribution is -2.14. The van der Waals surface area contributed by atoms with Crippen LogP contribution in [0.4, 0.5) is 0 Å². The van der Waals surface area contributed by atoms with Crippen LogP contribution in [-0.2, 0) is 11.3 Å². The van der Waals surface area contributed by atoms with Gasteiger partial charge < -0.3 is 4.74 Å². The summed E-state index contributed by atoms with van der Waals surface area (Å²) in [5.41, 5.74) is 1.22. The Hall–Kier alpha value is -0.340. The highest BCUT2D eigenvalue weighted by atomic mass is 79.9. The van der Waals surface area contributed by atoms with Crippen LogP contribution in [0.2, 0.25) is 0 Å². The second-order valence-corrected chi connectivity index (χ2v) is 4.80. The number of ether oxygens (including phenoxy) is 1. The topological polar surface area (TPSA) is 9.23 Å². The molecule has 0 aromatic heterocycles. The Morgan fingerprint density at radius 3 is 2.21 bits per heavy atom. The predicted molar refractivity (Wildman–Crippen MR) is 63.2 cm³/mol. The van der Waals surface area contributed by atoms with Crippen LogP contribution in [0, 0.1) is 5.92 Å². The molecule has 1 rings (SSSR count). The molecular formula is C12H17BrO. The van der Waals surface area contributed by atoms with E-state index in [2.05, 4.69) is 48.8 Å². The first-order valence-electron chi connectivity index (χ1n) is 4.95. The fourth-order valence-electron chi connectivity index (χ4n) is 1.00. The van der Waals surface area contributed by atoms with Gasteiger partial charge in [0.25, 0.3) is 0 Å². The minimum absolute atomic E-state index is 0.318. The van der Waals surface area contributed by atoms with Gasteiger partial charge in [-0.05, 0) is 30.5 Å². The van der Waals surface area contributed by atoms with Gasteiger partial charge in [-0.1, -0.05) is 41.9 Å². The van der Waals surface area contributed by atoms with Crippen LogP contribution in [0.5, 0.6) is 0 Å². The van der Waals surface area contributed by atoms with Crippen molar-refractivity contribution in [1.82, 2.24) is 0 Å². The minimum atomic E-state index is 0.318. The maximum Gasteiger partial charge on any atom is 0.0720 e. The van der Waals surface area contributed by atoms with E-state index < -0.39 is 0 Å². The molecule has 0 aliphatic carbocycles. The molecule has 0 N–H and O–H groups in total. The Labute approximate surface area is 94.6 Å². The number of hydrogen-bond donors (Lipinski definition) is 0. The third-order valence-corrected chi connectivity index (χ3v) is 2.89. The molecule has 78 valence electrons. The summed E-state index contributed by atoms with van der Waals surface area (Å²) in [5.74, 6) is 0.574. The van der Waals surface area contributed by atoms with Crippen molar-refractivity contribution < 1.29 is 4.74 Å². The molecule has 0 aliphatic heterocycles. The Balaban J connectivity index is 2.42. The van der Waals surface area contributed by atoms with E-state index in [9.17, 15) is 0 Å². The molecular weight excluding hydrogens is 240 g/mol. The van der Waals surface area contributed by atoms with E-state index in [0.29, 0.717) is 18.6 Å². The fourth-order valence-corrected chi connectivity index (χ4v) is 1.27. The fraction of sp³-hybridized carbons (Fsp3) is 0.500. The third kappa shape index (κ3) is 3.81. The quantitative estimate of drug-likeness (QED) is 0.791. The van der Waals surface area contributed by atoms with E-state index in [0.717, 1.165) is 4.47 Å². The summed E-state index contributed by atoms with van der Waals surface area (Å²) in [6.07, 6.45) is 0.318. The Bertz CT molecular complexity index is 266. The molecule has 1 unspecified atom stereocenters. The van der Waals surface area contributed by atoms with Crippen LogP contribution in [-0.4, -0.2) is 6.10 Å². The first-order chi connectivity index (χ1) is 6.59. The van der Waals surface area contributed by atoms with Gasteiger partial charge in [-0.25, -0.2) is 0 Å². The summed E-state index contributed by atoms with van der Waals surface area (Å²) >= 11 is 3.41. The molecule has 0 fully saturated rings. The molecule has 1 aromatic rings. The lowest BCUT2D eigenvalue weighted by Gasteiger charge is -2.16. The van der Waals surface area contributed by atoms with E-state index in [1.54, 1.807) is 0 Å². The van der Waals surface area contributed by atoms with Gasteiger partial charge in [0.2, 0.25) is 0 Å². The lowest BCUT2D eigenvalue weighted by atomic mass is 10.1. The monoisotopic (exact) mass is 256 g/mol. The Morgan fingerprint density at radius 1 is 1.14 bits per heavy atom. The van der Waals surface area contributed by atoms with Gasteiger partial charge in [0.15, 0.2) is 0 Å². The third-order valence-electron chi connectivity index (χ3n) is 2.36. The zero-order chi connectivity index (χ0) is 10.6. The van der Waals surface area contributed by atoms with Crippen molar-refractivity contribution in [3.05, 3.63) is 34.3 Å². The zero-order valence-electron chi connectivity index (χ0n) is 8.96. The minimum Gasteiger partial charge on any atom is -0.374 e. The Morgan fingerprint density at radius 2 is 1.71 bits per heavy atom. The Kier molecular flexibility index (Phi) is 4.63. The average Bonchev–Trinajstić information content (AvgIpc) is 2.16. The number of halogens is 1. The van der Waals surface area contributed by atoms with Gasteiger partial charge >= 0.3 is 0 Å². The van der Waals surface area contributed by atoms with E-state index in [-0.39, 0.29) is 0 Å². The number of rotatable bonds is 4. The van der Waals surface area contributed by atoms with Gasteiger partial charge in [-0.15, -0.1) is 0 Å². The maximum atomic E-state index is 5.71. The number of hydrogen-bond acceptors (Lipinski definition) is 1. The maximum absolute atomic E-state index is 5.71. The average molecular weight is 257 g/mol. The van der Waals surface area contributed by atoms with E-state index in [4.69, 9.17) is 4.74 Å². The molecule has 0 radical (unpaired) electrons. The molecule has 0 aliphatic rings. The molecule has 2 heteroatoms. The molecule has 1 atom stereocenters. The van der Waals surface area contributed by atoms with Crippen molar-refractivity contribution >= 4 is 15.9 Å². The molecule has 0 saturated carbocycles. The van der Waals surface area contributed by atoms with Crippen molar-refractivity contribution in [2.45, 2.75) is 33.5 Å². The first kappa shape index (κ1) is 11.7. The van der Waals surface area contributed by atoms with Crippen LogP contribution >= 0.6 is 15.9 Å². The molecule has 0 spiro atoms. The lowest BCUT2D eigenvalue weighted by molar-refractivity contribution is 0.0235. The molecule has 1 aromatic carbocycles. The molecule has 0 heterocycles. The second kappa shape index (κ2) is 5.52. The summed E-state index contributed by atoms with van der Waals surface area (Å²) in [6, 6.07) is 8.24. The molecule has 14 heavy (non-hydrogen) atoms. The van der Waals surface area contributed by atoms with Gasteiger partial charge in [-0.3, -0.25) is 0 Å². The van der Waals surface area contributed by atoms with Crippen LogP contribution in [0.15, 0.2) is 28.7 Å². The van der Waals surface area contributed by atoms with Crippen LogP contribution in [0.25, 0.3) is 0 Å². The highest BCUT2D eigenvalue weighted by Gasteiger charge is 2.06. The van der Waals surface area contributed by atoms with E-state index in [1.807, 2.05) is 12.1 Å². The summed E-state index contributed by atoms with van der Waals surface area (Å²) in [4.78, 5) is 0. The summed E-state index contributed by atoms with van der Waals surface area (Å²) in [6.45, 7) is 7.16. The highest BCUT2D eigenvalue weighted by molar-refractivity contribution is 9.10. The second-order valence-electron chi connectivity index (χ2n) is 3.89. The first-order valence-corrected chi connectivity index (χ1v) is 5.75. The van der Waals surface area contributed by atoms with E-state index in [1.165, 1.54) is 5.56 Å². The molecule has 1 nitrogen and oxygen atoms in total. The largest absolute Gasteiger partial charge is 0.374 e. The van der Waals surface area contributed by atoms with Crippen LogP contribution < -0.4 is 0 Å². The molecule has 0 amide bonds. The molecule has 0 saturated heterocycles. The van der Waals surface area contributed by atoms with Crippen molar-refractivity contribution in [2.24, 2.45) is 5.92 Å². The van der Waals surface area contributed by atoms with Crippen molar-refractivity contribution in [3.63, 3.8) is 0 Å². The summed E-state index contributed by atoms with van der Waals surface area (Å²) in [5, 5.41) is 0. The zero-order valence-corrected chi connectivity index (χ0v) is 10.5. The van der Waals surface area contributed by atoms with Gasteiger partial charge in [0.05, 0.1) is 12.7 Å². The van der Waals surface area contributed by atoms with Crippen molar-refractivity contribution in [2.75, 3.05) is 0 Å². The van der Waals surface area contributed by atoms with Crippen LogP contribution in [0.1, 0.15) is 26.3 Å². The number of benzene rings is 1. The normalized spacial score (nSPS) is 13.2. The predicted octanol–water partition coefficient (Wildman–Crippen LogP) is 4.01. The molecule has 0 bridgehead atoms. The SMILES string of the molecule is CC(C)C(C)OCc1ccc(Br)cc1. The van der Waals surface area contributed by atoms with Crippen molar-refractivity contribution in [1.29, 1.82) is 0 Å². The van der Waals surface area contributed by atoms with Gasteiger partial charge in [0, 0.05) is 4.47 Å². The van der Waals surface area contributed by atoms with Crippen molar-refractivity contribution in [3.8, 4) is 0 Å². The van der Waals surface area contributed by atoms with E-state index >= 15 is 0 Å². The highest BCUT2D eigenvalue weighted by Crippen LogP contribution is 2.13. The van der Waals surface area contributed by atoms with Gasteiger partial charge in [-0.2, -0.15) is 0 Å².